The number of anilines is 2. The number of methoxy groups -OCH3 is 1. The van der Waals surface area contributed by atoms with Gasteiger partial charge in [-0.3, -0.25) is 9.10 Å². The molecule has 0 spiro atoms. The van der Waals surface area contributed by atoms with Crippen LogP contribution in [0.15, 0.2) is 71.6 Å². The third-order valence-corrected chi connectivity index (χ3v) is 6.90. The lowest BCUT2D eigenvalue weighted by atomic mass is 10.1. The van der Waals surface area contributed by atoms with Crippen molar-refractivity contribution in [1.82, 2.24) is 0 Å². The van der Waals surface area contributed by atoms with Gasteiger partial charge in [0.05, 0.1) is 17.7 Å². The summed E-state index contributed by atoms with van der Waals surface area (Å²) in [6.07, 6.45) is 0. The van der Waals surface area contributed by atoms with Crippen LogP contribution in [0.2, 0.25) is 0 Å². The van der Waals surface area contributed by atoms with Crippen LogP contribution in [0.4, 0.5) is 11.4 Å². The van der Waals surface area contributed by atoms with Gasteiger partial charge in [-0.2, -0.15) is 0 Å². The first-order valence-corrected chi connectivity index (χ1v) is 11.3. The summed E-state index contributed by atoms with van der Waals surface area (Å²) in [7, 11) is -2.48. The second kappa shape index (κ2) is 9.22. The molecule has 0 heterocycles. The van der Waals surface area contributed by atoms with Crippen LogP contribution in [-0.2, 0) is 14.8 Å². The SMILES string of the molecule is COc1cccc(N(CC(=O)Nc2cccc(C)c2C)S(=O)(=O)c2ccc(C)cc2)c1. The van der Waals surface area contributed by atoms with Crippen molar-refractivity contribution < 1.29 is 17.9 Å². The van der Waals surface area contributed by atoms with Crippen molar-refractivity contribution in [2.24, 2.45) is 0 Å². The molecule has 3 aromatic rings. The third kappa shape index (κ3) is 5.06. The first-order chi connectivity index (χ1) is 14.7. The van der Waals surface area contributed by atoms with Crippen LogP contribution in [0.1, 0.15) is 16.7 Å². The van der Waals surface area contributed by atoms with Gasteiger partial charge in [0, 0.05) is 11.8 Å². The van der Waals surface area contributed by atoms with E-state index in [9.17, 15) is 13.2 Å². The van der Waals surface area contributed by atoms with E-state index in [1.54, 1.807) is 54.6 Å². The van der Waals surface area contributed by atoms with Crippen molar-refractivity contribution in [3.63, 3.8) is 0 Å². The van der Waals surface area contributed by atoms with Crippen LogP contribution in [0.3, 0.4) is 0 Å². The van der Waals surface area contributed by atoms with E-state index in [0.717, 1.165) is 21.0 Å². The predicted molar refractivity (Wildman–Crippen MR) is 123 cm³/mol. The fourth-order valence-electron chi connectivity index (χ4n) is 3.12. The number of rotatable bonds is 7. The normalized spacial score (nSPS) is 11.1. The predicted octanol–water partition coefficient (Wildman–Crippen LogP) is 4.45. The van der Waals surface area contributed by atoms with Crippen LogP contribution < -0.4 is 14.4 Å². The molecule has 0 radical (unpaired) electrons. The van der Waals surface area contributed by atoms with Crippen LogP contribution in [0, 0.1) is 20.8 Å². The van der Waals surface area contributed by atoms with Crippen LogP contribution in [0.25, 0.3) is 0 Å². The van der Waals surface area contributed by atoms with E-state index < -0.39 is 15.9 Å². The molecule has 1 amide bonds. The Kier molecular flexibility index (Phi) is 6.65. The molecule has 6 nitrogen and oxygen atoms in total. The molecule has 0 saturated heterocycles. The number of ether oxygens (including phenoxy) is 1. The lowest BCUT2D eigenvalue weighted by Crippen LogP contribution is -2.38. The number of nitrogens with zero attached hydrogens (tertiary/aromatic N) is 1. The lowest BCUT2D eigenvalue weighted by Gasteiger charge is -2.25. The average molecular weight is 439 g/mol. The van der Waals surface area contributed by atoms with E-state index in [0.29, 0.717) is 17.1 Å². The molecule has 31 heavy (non-hydrogen) atoms. The quantitative estimate of drug-likeness (QED) is 0.591. The van der Waals surface area contributed by atoms with Crippen molar-refractivity contribution in [2.45, 2.75) is 25.7 Å². The van der Waals surface area contributed by atoms with Crippen molar-refractivity contribution in [3.05, 3.63) is 83.4 Å². The summed E-state index contributed by atoms with van der Waals surface area (Å²) < 4.78 is 33.3. The van der Waals surface area contributed by atoms with Crippen LogP contribution >= 0.6 is 0 Å². The molecule has 0 aromatic heterocycles. The van der Waals surface area contributed by atoms with E-state index in [4.69, 9.17) is 4.74 Å². The maximum Gasteiger partial charge on any atom is 0.264 e. The molecular weight excluding hydrogens is 412 g/mol. The Morgan fingerprint density at radius 3 is 2.32 bits per heavy atom. The number of nitrogens with one attached hydrogen (secondary N) is 1. The number of amides is 1. The molecule has 1 N–H and O–H groups in total. The summed E-state index contributed by atoms with van der Waals surface area (Å²) >= 11 is 0. The van der Waals surface area contributed by atoms with Gasteiger partial charge < -0.3 is 10.1 Å². The van der Waals surface area contributed by atoms with Gasteiger partial charge in [0.2, 0.25) is 5.91 Å². The number of hydrogen-bond acceptors (Lipinski definition) is 4. The van der Waals surface area contributed by atoms with E-state index in [-0.39, 0.29) is 11.4 Å². The molecule has 0 aliphatic carbocycles. The van der Waals surface area contributed by atoms with Gasteiger partial charge in [-0.25, -0.2) is 8.42 Å². The molecule has 0 saturated carbocycles. The van der Waals surface area contributed by atoms with E-state index in [1.807, 2.05) is 32.9 Å². The minimum Gasteiger partial charge on any atom is -0.497 e. The van der Waals surface area contributed by atoms with Crippen molar-refractivity contribution in [2.75, 3.05) is 23.3 Å². The molecular formula is C24H26N2O4S. The van der Waals surface area contributed by atoms with Gasteiger partial charge in [0.1, 0.15) is 12.3 Å². The second-order valence-corrected chi connectivity index (χ2v) is 9.18. The van der Waals surface area contributed by atoms with Gasteiger partial charge >= 0.3 is 0 Å². The molecule has 7 heteroatoms. The molecule has 3 rings (SSSR count). The van der Waals surface area contributed by atoms with Gasteiger partial charge in [0.15, 0.2) is 0 Å². The second-order valence-electron chi connectivity index (χ2n) is 7.32. The minimum atomic E-state index is -3.98. The fraction of sp³-hybridized carbons (Fsp3) is 0.208. The summed E-state index contributed by atoms with van der Waals surface area (Å²) in [5.41, 5.74) is 3.92. The van der Waals surface area contributed by atoms with Crippen LogP contribution in [0.5, 0.6) is 5.75 Å². The summed E-state index contributed by atoms with van der Waals surface area (Å²) in [6, 6.07) is 18.8. The Hall–Kier alpha value is -3.32. The molecule has 0 aliphatic rings. The topological polar surface area (TPSA) is 75.7 Å². The first-order valence-electron chi connectivity index (χ1n) is 9.82. The molecule has 0 atom stereocenters. The van der Waals surface area contributed by atoms with E-state index in [1.165, 1.54) is 7.11 Å². The van der Waals surface area contributed by atoms with Crippen LogP contribution in [-0.4, -0.2) is 28.0 Å². The Bertz CT molecular complexity index is 1190. The average Bonchev–Trinajstić information content (AvgIpc) is 2.75. The van der Waals surface area contributed by atoms with E-state index >= 15 is 0 Å². The summed E-state index contributed by atoms with van der Waals surface area (Å²) in [6.45, 7) is 5.37. The number of aryl methyl sites for hydroxylation is 2. The molecule has 0 fully saturated rings. The number of sulfonamides is 1. The third-order valence-electron chi connectivity index (χ3n) is 5.12. The number of benzene rings is 3. The standard InChI is InChI=1S/C24H26N2O4S/c1-17-11-13-22(14-12-17)31(28,29)26(20-8-6-9-21(15-20)30-4)16-24(27)25-23-10-5-7-18(2)19(23)3/h5-15H,16H2,1-4H3,(H,25,27). The highest BCUT2D eigenvalue weighted by Crippen LogP contribution is 2.27. The highest BCUT2D eigenvalue weighted by molar-refractivity contribution is 7.92. The molecule has 0 bridgehead atoms. The Morgan fingerprint density at radius 1 is 0.968 bits per heavy atom. The van der Waals surface area contributed by atoms with Crippen molar-refractivity contribution in [3.8, 4) is 5.75 Å². The fourth-order valence-corrected chi connectivity index (χ4v) is 4.54. The summed E-state index contributed by atoms with van der Waals surface area (Å²) in [5, 5.41) is 2.84. The lowest BCUT2D eigenvalue weighted by molar-refractivity contribution is -0.114. The minimum absolute atomic E-state index is 0.112. The highest BCUT2D eigenvalue weighted by atomic mass is 32.2. The number of carbonyl (C=O) groups excluding carboxylic acids is 1. The molecule has 0 unspecified atom stereocenters. The number of hydrogen-bond donors (Lipinski definition) is 1. The largest absolute Gasteiger partial charge is 0.497 e. The molecule has 3 aromatic carbocycles. The van der Waals surface area contributed by atoms with Crippen molar-refractivity contribution >= 4 is 27.3 Å². The zero-order valence-corrected chi connectivity index (χ0v) is 18.9. The van der Waals surface area contributed by atoms with Gasteiger partial charge in [-0.1, -0.05) is 35.9 Å². The highest BCUT2D eigenvalue weighted by Gasteiger charge is 2.27. The Morgan fingerprint density at radius 2 is 1.65 bits per heavy atom. The van der Waals surface area contributed by atoms with Gasteiger partial charge in [0.25, 0.3) is 10.0 Å². The van der Waals surface area contributed by atoms with E-state index in [2.05, 4.69) is 5.32 Å². The molecule has 0 aliphatic heterocycles. The van der Waals surface area contributed by atoms with Gasteiger partial charge in [-0.05, 0) is 62.2 Å². The smallest absolute Gasteiger partial charge is 0.264 e. The van der Waals surface area contributed by atoms with Crippen molar-refractivity contribution in [1.29, 1.82) is 0 Å². The first kappa shape index (κ1) is 22.4. The Labute approximate surface area is 183 Å². The summed E-state index contributed by atoms with van der Waals surface area (Å²) in [5.74, 6) is 0.0590. The monoisotopic (exact) mass is 438 g/mol. The Balaban J connectivity index is 1.98. The number of carbonyl (C=O) groups is 1. The zero-order chi connectivity index (χ0) is 22.6. The maximum absolute atomic E-state index is 13.5. The maximum atomic E-state index is 13.5. The van der Waals surface area contributed by atoms with Gasteiger partial charge in [-0.15, -0.1) is 0 Å². The molecule has 162 valence electrons. The summed E-state index contributed by atoms with van der Waals surface area (Å²) in [4.78, 5) is 13.0. The zero-order valence-electron chi connectivity index (χ0n) is 18.0.